The summed E-state index contributed by atoms with van der Waals surface area (Å²) in [6.45, 7) is 0. The topological polar surface area (TPSA) is 191 Å². The van der Waals surface area contributed by atoms with Crippen LogP contribution in [0, 0.1) is 0 Å². The molecule has 1 unspecified atom stereocenters. The number of carbonyl (C=O) groups is 2. The summed E-state index contributed by atoms with van der Waals surface area (Å²) in [6, 6.07) is 0. The maximum atomic E-state index is 10.4. The quantitative estimate of drug-likeness (QED) is 0.249. The highest BCUT2D eigenvalue weighted by Crippen LogP contribution is 2.19. The van der Waals surface area contributed by atoms with Gasteiger partial charge in [-0.3, -0.25) is 0 Å². The van der Waals surface area contributed by atoms with Crippen LogP contribution in [0.1, 0.15) is 0 Å². The summed E-state index contributed by atoms with van der Waals surface area (Å²) in [5.74, 6) is -1.52. The number of ether oxygens (including phenoxy) is 1. The Hall–Kier alpha value is -1.46. The number of hydrogen-bond donors (Lipinski definition) is 7. The molecule has 10 heteroatoms. The number of aliphatic hydroxyl groups excluding tert-OH is 4. The maximum absolute atomic E-state index is 10.4. The Balaban J connectivity index is 0.000000557. The molecule has 1 fully saturated rings. The molecular weight excluding hydrogens is 242 g/mol. The van der Waals surface area contributed by atoms with E-state index in [1.54, 1.807) is 0 Å². The van der Waals surface area contributed by atoms with Crippen LogP contribution in [0.4, 0.5) is 4.79 Å². The first-order valence-corrected chi connectivity index (χ1v) is 4.27. The molecule has 1 rings (SSSR count). The minimum Gasteiger partial charge on any atom is -0.479 e. The average molecular weight is 255 g/mol. The minimum absolute atomic E-state index is 1.33. The largest absolute Gasteiger partial charge is 0.479 e. The molecule has 0 aromatic carbocycles. The van der Waals surface area contributed by atoms with Gasteiger partial charge in [-0.2, -0.15) is 0 Å². The number of amides is 1. The van der Waals surface area contributed by atoms with Gasteiger partial charge in [-0.15, -0.1) is 0 Å². The number of aliphatic hydroxyl groups is 4. The van der Waals surface area contributed by atoms with Gasteiger partial charge in [0.2, 0.25) is 0 Å². The number of aliphatic carboxylic acids is 1. The Morgan fingerprint density at radius 3 is 1.71 bits per heavy atom. The van der Waals surface area contributed by atoms with E-state index in [0.29, 0.717) is 0 Å². The maximum Gasteiger partial charge on any atom is 0.402 e. The average Bonchev–Trinajstić information content (AvgIpc) is 2.19. The number of carboxylic acid groups (broad SMARTS) is 2. The predicted octanol–water partition coefficient (Wildman–Crippen LogP) is -3.51. The number of nitrogens with two attached hydrogens (primary N) is 1. The lowest BCUT2D eigenvalue weighted by molar-refractivity contribution is -0.279. The lowest BCUT2D eigenvalue weighted by atomic mass is 9.99. The standard InChI is InChI=1S/C6H10O7.CH3NO2/c7-1-2(8)4(5(10)11)13-6(12)3(1)9;2-1(3)4/h1-4,6-9,12H,(H,10,11);2H2,(H,3,4)/t1-,2-,3+,4-,6?;/m0./s1. The molecule has 1 aliphatic heterocycles. The van der Waals surface area contributed by atoms with E-state index in [1.807, 2.05) is 0 Å². The highest BCUT2D eigenvalue weighted by atomic mass is 16.6. The van der Waals surface area contributed by atoms with E-state index in [2.05, 4.69) is 10.5 Å². The second-order valence-corrected chi connectivity index (χ2v) is 3.10. The van der Waals surface area contributed by atoms with Crippen molar-refractivity contribution in [1.29, 1.82) is 0 Å². The summed E-state index contributed by atoms with van der Waals surface area (Å²) in [6.07, 6.45) is -10.1. The van der Waals surface area contributed by atoms with Crippen molar-refractivity contribution in [3.63, 3.8) is 0 Å². The van der Waals surface area contributed by atoms with Crippen LogP contribution >= 0.6 is 0 Å². The molecule has 100 valence electrons. The predicted molar refractivity (Wildman–Crippen MR) is 48.7 cm³/mol. The Labute approximate surface area is 94.5 Å². The molecule has 0 saturated carbocycles. The lowest BCUT2D eigenvalue weighted by Crippen LogP contribution is -2.59. The zero-order chi connectivity index (χ0) is 13.7. The Morgan fingerprint density at radius 2 is 1.35 bits per heavy atom. The van der Waals surface area contributed by atoms with E-state index in [4.69, 9.17) is 35.4 Å². The van der Waals surface area contributed by atoms with Crippen LogP contribution in [-0.2, 0) is 9.53 Å². The smallest absolute Gasteiger partial charge is 0.402 e. The van der Waals surface area contributed by atoms with Crippen LogP contribution in [0.25, 0.3) is 0 Å². The van der Waals surface area contributed by atoms with Crippen LogP contribution in [0.2, 0.25) is 0 Å². The second kappa shape index (κ2) is 6.32. The molecule has 1 amide bonds. The summed E-state index contributed by atoms with van der Waals surface area (Å²) in [5.41, 5.74) is 4.03. The summed E-state index contributed by atoms with van der Waals surface area (Å²) in [7, 11) is 0. The van der Waals surface area contributed by atoms with Gasteiger partial charge >= 0.3 is 12.1 Å². The van der Waals surface area contributed by atoms with Gasteiger partial charge in [0.05, 0.1) is 0 Å². The second-order valence-electron chi connectivity index (χ2n) is 3.10. The fourth-order valence-electron chi connectivity index (χ4n) is 1.07. The number of carboxylic acids is 1. The van der Waals surface area contributed by atoms with Crippen LogP contribution in [-0.4, -0.2) is 73.4 Å². The van der Waals surface area contributed by atoms with Crippen LogP contribution in [0.15, 0.2) is 0 Å². The van der Waals surface area contributed by atoms with Crippen molar-refractivity contribution in [3.8, 4) is 0 Å². The third-order valence-corrected chi connectivity index (χ3v) is 1.83. The number of hydrogen-bond acceptors (Lipinski definition) is 7. The zero-order valence-electron chi connectivity index (χ0n) is 8.37. The third-order valence-electron chi connectivity index (χ3n) is 1.83. The van der Waals surface area contributed by atoms with Crippen molar-refractivity contribution >= 4 is 12.1 Å². The van der Waals surface area contributed by atoms with E-state index in [9.17, 15) is 4.79 Å². The van der Waals surface area contributed by atoms with Crippen molar-refractivity contribution < 1.29 is 45.0 Å². The first-order chi connectivity index (χ1) is 7.68. The monoisotopic (exact) mass is 255 g/mol. The van der Waals surface area contributed by atoms with Crippen molar-refractivity contribution in [2.75, 3.05) is 0 Å². The third kappa shape index (κ3) is 4.50. The summed E-state index contributed by atoms with van der Waals surface area (Å²) in [4.78, 5) is 19.2. The fraction of sp³-hybridized carbons (Fsp3) is 0.714. The van der Waals surface area contributed by atoms with E-state index in [-0.39, 0.29) is 0 Å². The Kier molecular flexibility index (Phi) is 5.78. The molecule has 0 aromatic rings. The van der Waals surface area contributed by atoms with Crippen LogP contribution < -0.4 is 5.73 Å². The van der Waals surface area contributed by atoms with Crippen molar-refractivity contribution in [2.24, 2.45) is 5.73 Å². The van der Waals surface area contributed by atoms with E-state index in [1.165, 1.54) is 0 Å². The molecule has 0 aliphatic carbocycles. The SMILES string of the molecule is NC(=O)O.O=C(O)[C@H]1OC(O)[C@H](O)[C@@H](O)[C@@H]1O. The van der Waals surface area contributed by atoms with Gasteiger partial charge in [0.1, 0.15) is 18.3 Å². The van der Waals surface area contributed by atoms with Crippen molar-refractivity contribution in [2.45, 2.75) is 30.7 Å². The van der Waals surface area contributed by atoms with Gasteiger partial charge < -0.3 is 41.1 Å². The molecular formula is C7H13NO9. The molecule has 10 nitrogen and oxygen atoms in total. The van der Waals surface area contributed by atoms with E-state index in [0.717, 1.165) is 0 Å². The highest BCUT2D eigenvalue weighted by molar-refractivity contribution is 5.73. The molecule has 8 N–H and O–H groups in total. The minimum atomic E-state index is -1.81. The molecule has 0 spiro atoms. The first kappa shape index (κ1) is 15.5. The van der Waals surface area contributed by atoms with Gasteiger partial charge in [-0.25, -0.2) is 9.59 Å². The normalized spacial score (nSPS) is 36.6. The van der Waals surface area contributed by atoms with Crippen molar-refractivity contribution in [1.82, 2.24) is 0 Å². The molecule has 1 heterocycles. The van der Waals surface area contributed by atoms with Gasteiger partial charge in [-0.05, 0) is 0 Å². The molecule has 5 atom stereocenters. The molecule has 17 heavy (non-hydrogen) atoms. The van der Waals surface area contributed by atoms with E-state index >= 15 is 0 Å². The molecule has 0 radical (unpaired) electrons. The van der Waals surface area contributed by atoms with Gasteiger partial charge in [0.15, 0.2) is 12.4 Å². The Morgan fingerprint density at radius 1 is 0.941 bits per heavy atom. The molecule has 1 saturated heterocycles. The van der Waals surface area contributed by atoms with E-state index < -0.39 is 42.8 Å². The van der Waals surface area contributed by atoms with Gasteiger partial charge in [-0.1, -0.05) is 0 Å². The van der Waals surface area contributed by atoms with Crippen LogP contribution in [0.5, 0.6) is 0 Å². The molecule has 0 aromatic heterocycles. The number of rotatable bonds is 1. The van der Waals surface area contributed by atoms with Gasteiger partial charge in [0.25, 0.3) is 0 Å². The summed E-state index contributed by atoms with van der Waals surface area (Å²) < 4.78 is 4.34. The van der Waals surface area contributed by atoms with Crippen LogP contribution in [0.3, 0.4) is 0 Å². The first-order valence-electron chi connectivity index (χ1n) is 4.27. The van der Waals surface area contributed by atoms with Crippen molar-refractivity contribution in [3.05, 3.63) is 0 Å². The Bertz CT molecular complexity index is 279. The summed E-state index contributed by atoms with van der Waals surface area (Å²) >= 11 is 0. The molecule has 0 bridgehead atoms. The summed E-state index contributed by atoms with van der Waals surface area (Å²) in [5, 5.41) is 51.6. The van der Waals surface area contributed by atoms with Gasteiger partial charge in [0, 0.05) is 0 Å². The number of primary amides is 1. The highest BCUT2D eigenvalue weighted by Gasteiger charge is 2.46. The zero-order valence-corrected chi connectivity index (χ0v) is 8.37. The lowest BCUT2D eigenvalue weighted by Gasteiger charge is -2.36. The molecule has 1 aliphatic rings. The fourth-order valence-corrected chi connectivity index (χ4v) is 1.07.